The number of aromatic amines is 1. The van der Waals surface area contributed by atoms with Crippen LogP contribution in [0.2, 0.25) is 0 Å². The van der Waals surface area contributed by atoms with E-state index >= 15 is 0 Å². The molecule has 0 amide bonds. The zero-order valence-electron chi connectivity index (χ0n) is 18.5. The van der Waals surface area contributed by atoms with Gasteiger partial charge in [-0.3, -0.25) is 9.78 Å². The van der Waals surface area contributed by atoms with Crippen LogP contribution in [0.5, 0.6) is 11.5 Å². The third-order valence-electron chi connectivity index (χ3n) is 5.62. The second-order valence-electron chi connectivity index (χ2n) is 8.07. The first-order valence-electron chi connectivity index (χ1n) is 11.1. The number of fused-ring (bicyclic) bond motifs is 2. The molecule has 0 saturated heterocycles. The minimum absolute atomic E-state index is 0.161. The number of ether oxygens (including phenoxy) is 2. The Morgan fingerprint density at radius 3 is 2.53 bits per heavy atom. The summed E-state index contributed by atoms with van der Waals surface area (Å²) in [7, 11) is 0. The molecule has 0 aliphatic carbocycles. The summed E-state index contributed by atoms with van der Waals surface area (Å²) in [5.74, 6) is 1.33. The normalized spacial score (nSPS) is 12.4. The molecular formula is C26H24N4O3S. The molecule has 0 spiro atoms. The highest BCUT2D eigenvalue weighted by atomic mass is 32.1. The highest BCUT2D eigenvalue weighted by Gasteiger charge is 2.17. The van der Waals surface area contributed by atoms with Gasteiger partial charge in [-0.1, -0.05) is 36.4 Å². The van der Waals surface area contributed by atoms with Crippen molar-refractivity contribution < 1.29 is 9.47 Å². The van der Waals surface area contributed by atoms with Crippen molar-refractivity contribution in [1.82, 2.24) is 20.2 Å². The van der Waals surface area contributed by atoms with Gasteiger partial charge in [0.2, 0.25) is 0 Å². The lowest BCUT2D eigenvalue weighted by Crippen LogP contribution is -2.39. The lowest BCUT2D eigenvalue weighted by Gasteiger charge is -2.26. The van der Waals surface area contributed by atoms with E-state index in [1.54, 1.807) is 12.4 Å². The van der Waals surface area contributed by atoms with Gasteiger partial charge in [-0.05, 0) is 41.5 Å². The Bertz CT molecular complexity index is 1360. The van der Waals surface area contributed by atoms with E-state index in [1.165, 1.54) is 0 Å². The van der Waals surface area contributed by atoms with Crippen molar-refractivity contribution in [1.29, 1.82) is 0 Å². The molecule has 0 atom stereocenters. The molecule has 0 fully saturated rings. The molecule has 4 aromatic rings. The number of hydrogen-bond acceptors (Lipinski definition) is 5. The highest BCUT2D eigenvalue weighted by molar-refractivity contribution is 7.80. The summed E-state index contributed by atoms with van der Waals surface area (Å²) in [4.78, 5) is 22.1. The van der Waals surface area contributed by atoms with E-state index in [2.05, 4.69) is 15.3 Å². The van der Waals surface area contributed by atoms with E-state index in [0.717, 1.165) is 16.5 Å². The number of nitrogens with zero attached hydrogens (tertiary/aromatic N) is 2. The summed E-state index contributed by atoms with van der Waals surface area (Å²) in [5.41, 5.74) is 3.29. The lowest BCUT2D eigenvalue weighted by atomic mass is 10.1. The second-order valence-corrected chi connectivity index (χ2v) is 8.46. The molecule has 0 saturated carbocycles. The molecular weight excluding hydrogens is 448 g/mol. The molecule has 2 N–H and O–H groups in total. The van der Waals surface area contributed by atoms with Crippen LogP contribution in [0.25, 0.3) is 10.9 Å². The van der Waals surface area contributed by atoms with Gasteiger partial charge in [-0.2, -0.15) is 0 Å². The Kier molecular flexibility index (Phi) is 6.40. The van der Waals surface area contributed by atoms with E-state index in [-0.39, 0.29) is 5.56 Å². The van der Waals surface area contributed by atoms with Crippen molar-refractivity contribution in [3.63, 3.8) is 0 Å². The molecule has 2 aromatic carbocycles. The molecule has 2 aromatic heterocycles. The Balaban J connectivity index is 1.41. The fourth-order valence-corrected chi connectivity index (χ4v) is 4.11. The number of rotatable bonds is 6. The maximum absolute atomic E-state index is 13.0. The summed E-state index contributed by atoms with van der Waals surface area (Å²) in [6, 6.07) is 19.6. The van der Waals surface area contributed by atoms with Gasteiger partial charge in [0.1, 0.15) is 13.2 Å². The molecule has 8 heteroatoms. The number of benzene rings is 2. The zero-order valence-corrected chi connectivity index (χ0v) is 19.3. The van der Waals surface area contributed by atoms with Gasteiger partial charge in [-0.15, -0.1) is 0 Å². The average molecular weight is 473 g/mol. The van der Waals surface area contributed by atoms with Gasteiger partial charge in [-0.25, -0.2) is 0 Å². The molecule has 34 heavy (non-hydrogen) atoms. The predicted molar refractivity (Wildman–Crippen MR) is 135 cm³/mol. The molecule has 0 unspecified atom stereocenters. The number of aromatic nitrogens is 2. The van der Waals surface area contributed by atoms with Crippen LogP contribution in [0.3, 0.4) is 0 Å². The fraction of sp³-hybridized carbons (Fsp3) is 0.192. The third-order valence-corrected chi connectivity index (χ3v) is 6.02. The average Bonchev–Trinajstić information content (AvgIpc) is 2.87. The van der Waals surface area contributed by atoms with Crippen LogP contribution in [-0.2, 0) is 19.6 Å². The van der Waals surface area contributed by atoms with Crippen molar-refractivity contribution in [3.05, 3.63) is 100 Å². The standard InChI is InChI=1S/C26H24N4O3S/c31-25-21(11-20-12-23-24(13-22(20)29-25)33-10-9-32-23)17-30(16-19-7-4-8-27-14-19)26(34)28-15-18-5-2-1-3-6-18/h1-8,11-14H,9-10,15-17H2,(H,28,34)(H,29,31). The number of thiocarbonyl (C=S) groups is 1. The maximum atomic E-state index is 13.0. The molecule has 172 valence electrons. The van der Waals surface area contributed by atoms with Crippen LogP contribution < -0.4 is 20.3 Å². The van der Waals surface area contributed by atoms with Gasteiger partial charge >= 0.3 is 0 Å². The molecule has 1 aliphatic rings. The van der Waals surface area contributed by atoms with Crippen molar-refractivity contribution >= 4 is 28.2 Å². The Labute approximate surface area is 202 Å². The van der Waals surface area contributed by atoms with Gasteiger partial charge in [0, 0.05) is 42.5 Å². The van der Waals surface area contributed by atoms with E-state index in [0.29, 0.717) is 60.5 Å². The molecule has 5 rings (SSSR count). The van der Waals surface area contributed by atoms with E-state index in [4.69, 9.17) is 21.7 Å². The first-order valence-corrected chi connectivity index (χ1v) is 11.5. The van der Waals surface area contributed by atoms with Crippen LogP contribution in [0.1, 0.15) is 16.7 Å². The van der Waals surface area contributed by atoms with Crippen molar-refractivity contribution in [2.75, 3.05) is 13.2 Å². The molecule has 0 bridgehead atoms. The Hall–Kier alpha value is -3.91. The van der Waals surface area contributed by atoms with E-state index in [1.807, 2.05) is 65.6 Å². The maximum Gasteiger partial charge on any atom is 0.253 e. The number of nitrogens with one attached hydrogen (secondary N) is 2. The molecule has 1 aliphatic heterocycles. The monoisotopic (exact) mass is 472 g/mol. The number of hydrogen-bond donors (Lipinski definition) is 2. The molecule has 0 radical (unpaired) electrons. The lowest BCUT2D eigenvalue weighted by molar-refractivity contribution is 0.172. The second kappa shape index (κ2) is 9.93. The highest BCUT2D eigenvalue weighted by Crippen LogP contribution is 2.33. The van der Waals surface area contributed by atoms with E-state index in [9.17, 15) is 4.79 Å². The number of H-pyrrole nitrogens is 1. The zero-order chi connectivity index (χ0) is 23.3. The first kappa shape index (κ1) is 21.9. The van der Waals surface area contributed by atoms with Gasteiger partial charge in [0.15, 0.2) is 16.6 Å². The van der Waals surface area contributed by atoms with Crippen molar-refractivity contribution in [2.24, 2.45) is 0 Å². The van der Waals surface area contributed by atoms with Crippen LogP contribution >= 0.6 is 12.2 Å². The third kappa shape index (κ3) is 5.02. The van der Waals surface area contributed by atoms with Gasteiger partial charge < -0.3 is 24.7 Å². The van der Waals surface area contributed by atoms with Crippen LogP contribution in [-0.4, -0.2) is 33.2 Å². The van der Waals surface area contributed by atoms with Crippen LogP contribution in [0.15, 0.2) is 77.9 Å². The minimum atomic E-state index is -0.161. The Morgan fingerprint density at radius 1 is 1.00 bits per heavy atom. The smallest absolute Gasteiger partial charge is 0.253 e. The topological polar surface area (TPSA) is 79.5 Å². The number of pyridine rings is 2. The van der Waals surface area contributed by atoms with Gasteiger partial charge in [0.05, 0.1) is 12.1 Å². The summed E-state index contributed by atoms with van der Waals surface area (Å²) >= 11 is 5.74. The Morgan fingerprint density at radius 2 is 1.76 bits per heavy atom. The van der Waals surface area contributed by atoms with E-state index < -0.39 is 0 Å². The summed E-state index contributed by atoms with van der Waals surface area (Å²) in [6.45, 7) is 2.47. The van der Waals surface area contributed by atoms with Crippen LogP contribution in [0.4, 0.5) is 0 Å². The fourth-order valence-electron chi connectivity index (χ4n) is 3.91. The quantitative estimate of drug-likeness (QED) is 0.414. The van der Waals surface area contributed by atoms with Crippen LogP contribution in [0, 0.1) is 0 Å². The largest absolute Gasteiger partial charge is 0.486 e. The summed E-state index contributed by atoms with van der Waals surface area (Å²) in [5, 5.41) is 4.77. The van der Waals surface area contributed by atoms with Crippen molar-refractivity contribution in [2.45, 2.75) is 19.6 Å². The summed E-state index contributed by atoms with van der Waals surface area (Å²) < 4.78 is 11.3. The first-order chi connectivity index (χ1) is 16.7. The SMILES string of the molecule is O=c1[nH]c2cc3c(cc2cc1CN(Cc1cccnc1)C(=S)NCc1ccccc1)OCCO3. The predicted octanol–water partition coefficient (Wildman–Crippen LogP) is 3.77. The minimum Gasteiger partial charge on any atom is -0.486 e. The molecule has 7 nitrogen and oxygen atoms in total. The van der Waals surface area contributed by atoms with Crippen molar-refractivity contribution in [3.8, 4) is 11.5 Å². The van der Waals surface area contributed by atoms with Gasteiger partial charge in [0.25, 0.3) is 5.56 Å². The summed E-state index contributed by atoms with van der Waals surface area (Å²) in [6.07, 6.45) is 3.54. The molecule has 3 heterocycles.